The van der Waals surface area contributed by atoms with E-state index < -0.39 is 6.10 Å². The second kappa shape index (κ2) is 15.7. The van der Waals surface area contributed by atoms with Gasteiger partial charge in [-0.05, 0) is 78.1 Å². The maximum atomic E-state index is 12.8. The molecule has 4 N–H and O–H groups in total. The van der Waals surface area contributed by atoms with Crippen LogP contribution in [0.4, 0.5) is 0 Å². The molecule has 43 heavy (non-hydrogen) atoms. The van der Waals surface area contributed by atoms with Gasteiger partial charge >= 0.3 is 0 Å². The Hall–Kier alpha value is -4.49. The van der Waals surface area contributed by atoms with Crippen molar-refractivity contribution < 1.29 is 34.7 Å². The highest BCUT2D eigenvalue weighted by Crippen LogP contribution is 2.41. The van der Waals surface area contributed by atoms with Gasteiger partial charge in [-0.25, -0.2) is 0 Å². The summed E-state index contributed by atoms with van der Waals surface area (Å²) in [6, 6.07) is 28.1. The molecule has 0 spiro atoms. The lowest BCUT2D eigenvalue weighted by Crippen LogP contribution is -2.18. The Morgan fingerprint density at radius 1 is 0.744 bits per heavy atom. The second-order valence-electron chi connectivity index (χ2n) is 10.8. The number of phenolic OH excluding ortho intramolecular Hbond substituents is 3. The van der Waals surface area contributed by atoms with Crippen LogP contribution >= 0.6 is 0 Å². The summed E-state index contributed by atoms with van der Waals surface area (Å²) in [4.78, 5) is 12.8. The number of aromatic hydroxyl groups is 3. The van der Waals surface area contributed by atoms with E-state index in [1.54, 1.807) is 18.2 Å². The first kappa shape index (κ1) is 31.4. The lowest BCUT2D eigenvalue weighted by Gasteiger charge is -2.22. The summed E-state index contributed by atoms with van der Waals surface area (Å²) in [6.45, 7) is 0.319. The maximum absolute atomic E-state index is 12.8. The molecule has 0 saturated carbocycles. The van der Waals surface area contributed by atoms with Crippen molar-refractivity contribution in [3.8, 4) is 28.7 Å². The molecule has 4 rings (SSSR count). The molecule has 0 heterocycles. The van der Waals surface area contributed by atoms with E-state index >= 15 is 0 Å². The number of rotatable bonds is 16. The monoisotopic (exact) mass is 584 g/mol. The molecule has 0 aliphatic rings. The lowest BCUT2D eigenvalue weighted by molar-refractivity contribution is -0.121. The summed E-state index contributed by atoms with van der Waals surface area (Å²) in [5, 5.41) is 41.9. The van der Waals surface area contributed by atoms with E-state index in [0.717, 1.165) is 28.7 Å². The number of aliphatic hydroxyl groups is 1. The van der Waals surface area contributed by atoms with Crippen molar-refractivity contribution in [3.05, 3.63) is 113 Å². The number of methoxy groups -OCH3 is 1. The molecule has 0 fully saturated rings. The average molecular weight is 585 g/mol. The number of carbonyl (C=O) groups is 1. The predicted molar refractivity (Wildman–Crippen MR) is 166 cm³/mol. The van der Waals surface area contributed by atoms with Crippen molar-refractivity contribution >= 4 is 5.78 Å². The Balaban J connectivity index is 1.43. The minimum atomic E-state index is -0.888. The highest BCUT2D eigenvalue weighted by molar-refractivity contribution is 5.79. The topological polar surface area (TPSA) is 116 Å². The Bertz CT molecular complexity index is 1450. The zero-order chi connectivity index (χ0) is 30.6. The molecule has 0 amide bonds. The highest BCUT2D eigenvalue weighted by atomic mass is 16.5. The molecule has 4 aromatic rings. The number of hydrogen-bond acceptors (Lipinski definition) is 7. The van der Waals surface area contributed by atoms with Gasteiger partial charge in [0.2, 0.25) is 5.75 Å². The molecule has 0 bridgehead atoms. The summed E-state index contributed by atoms with van der Waals surface area (Å²) in [5.41, 5.74) is 3.83. The first-order valence-corrected chi connectivity index (χ1v) is 14.6. The first-order valence-electron chi connectivity index (χ1n) is 14.6. The van der Waals surface area contributed by atoms with Crippen LogP contribution in [0.15, 0.2) is 91.0 Å². The summed E-state index contributed by atoms with van der Waals surface area (Å²) in [5.74, 6) is -0.295. The van der Waals surface area contributed by atoms with Crippen LogP contribution < -0.4 is 9.47 Å². The van der Waals surface area contributed by atoms with Gasteiger partial charge in [-0.15, -0.1) is 0 Å². The molecule has 0 aliphatic carbocycles. The zero-order valence-corrected chi connectivity index (χ0v) is 24.5. The molecule has 4 aromatic carbocycles. The van der Waals surface area contributed by atoms with Crippen LogP contribution in [0, 0.1) is 0 Å². The van der Waals surface area contributed by atoms with Crippen LogP contribution in [0.5, 0.6) is 28.7 Å². The van der Waals surface area contributed by atoms with Gasteiger partial charge in [0.05, 0.1) is 19.8 Å². The standard InChI is InChI=1S/C36H40O7/c1-42-34-20-27(14-17-32(34)39)13-16-30(37)24-31(38)21-28(15-12-25-8-4-2-5-9-25)29-22-33(40)36(41)35(23-29)43-19-18-26-10-6-3-7-11-26/h2-11,14,17,20,22-23,28,31,38-41H,12-13,15-16,18-19,21,24H2,1H3. The van der Waals surface area contributed by atoms with E-state index in [9.17, 15) is 25.2 Å². The van der Waals surface area contributed by atoms with Crippen molar-refractivity contribution in [3.63, 3.8) is 0 Å². The number of hydrogen-bond donors (Lipinski definition) is 4. The van der Waals surface area contributed by atoms with Crippen molar-refractivity contribution in [2.24, 2.45) is 0 Å². The van der Waals surface area contributed by atoms with E-state index in [-0.39, 0.29) is 47.5 Å². The van der Waals surface area contributed by atoms with Crippen LogP contribution in [0.2, 0.25) is 0 Å². The maximum Gasteiger partial charge on any atom is 0.200 e. The fourth-order valence-corrected chi connectivity index (χ4v) is 5.23. The summed E-state index contributed by atoms with van der Waals surface area (Å²) in [6.07, 6.45) is 2.17. The smallest absolute Gasteiger partial charge is 0.200 e. The van der Waals surface area contributed by atoms with E-state index in [4.69, 9.17) is 9.47 Å². The van der Waals surface area contributed by atoms with Crippen molar-refractivity contribution in [2.45, 2.75) is 57.0 Å². The van der Waals surface area contributed by atoms with Crippen LogP contribution in [0.25, 0.3) is 0 Å². The number of aliphatic hydroxyl groups excluding tert-OH is 1. The zero-order valence-electron chi connectivity index (χ0n) is 24.5. The molecular weight excluding hydrogens is 544 g/mol. The lowest BCUT2D eigenvalue weighted by atomic mass is 9.86. The fourth-order valence-electron chi connectivity index (χ4n) is 5.23. The van der Waals surface area contributed by atoms with Crippen molar-refractivity contribution in [1.82, 2.24) is 0 Å². The van der Waals surface area contributed by atoms with Crippen molar-refractivity contribution in [1.29, 1.82) is 0 Å². The van der Waals surface area contributed by atoms with E-state index in [0.29, 0.717) is 38.0 Å². The fraction of sp³-hybridized carbons (Fsp3) is 0.306. The molecule has 7 nitrogen and oxygen atoms in total. The van der Waals surface area contributed by atoms with Crippen LogP contribution in [0.3, 0.4) is 0 Å². The highest BCUT2D eigenvalue weighted by Gasteiger charge is 2.22. The number of carbonyl (C=O) groups excluding carboxylic acids is 1. The van der Waals surface area contributed by atoms with Gasteiger partial charge in [0, 0.05) is 19.3 Å². The number of ketones is 1. The minimum absolute atomic E-state index is 0.00154. The Morgan fingerprint density at radius 2 is 1.42 bits per heavy atom. The average Bonchev–Trinajstić information content (AvgIpc) is 3.01. The number of aryl methyl sites for hydroxylation is 2. The molecule has 7 heteroatoms. The molecule has 226 valence electrons. The van der Waals surface area contributed by atoms with Gasteiger partial charge in [0.15, 0.2) is 23.0 Å². The number of ether oxygens (including phenoxy) is 2. The summed E-state index contributed by atoms with van der Waals surface area (Å²) < 4.78 is 11.0. The SMILES string of the molecule is COc1cc(CCC(=O)CC(O)CC(CCc2ccccc2)c2cc(O)c(O)c(OCCc3ccccc3)c2)ccc1O. The van der Waals surface area contributed by atoms with Crippen LogP contribution in [-0.4, -0.2) is 46.0 Å². The quantitative estimate of drug-likeness (QED) is 0.111. The molecule has 2 unspecified atom stereocenters. The van der Waals surface area contributed by atoms with Crippen molar-refractivity contribution in [2.75, 3.05) is 13.7 Å². The van der Waals surface area contributed by atoms with Gasteiger partial charge in [-0.1, -0.05) is 66.7 Å². The van der Waals surface area contributed by atoms with E-state index in [2.05, 4.69) is 0 Å². The molecule has 0 radical (unpaired) electrons. The Morgan fingerprint density at radius 3 is 2.09 bits per heavy atom. The molecular formula is C36H40O7. The third-order valence-corrected chi connectivity index (χ3v) is 7.62. The van der Waals surface area contributed by atoms with Crippen LogP contribution in [-0.2, 0) is 24.1 Å². The van der Waals surface area contributed by atoms with Gasteiger partial charge in [0.1, 0.15) is 5.78 Å². The van der Waals surface area contributed by atoms with E-state index in [1.165, 1.54) is 19.2 Å². The third kappa shape index (κ3) is 9.51. The third-order valence-electron chi connectivity index (χ3n) is 7.62. The molecule has 0 aliphatic heterocycles. The van der Waals surface area contributed by atoms with Crippen LogP contribution in [0.1, 0.15) is 53.9 Å². The second-order valence-corrected chi connectivity index (χ2v) is 10.8. The Kier molecular flexibility index (Phi) is 11.5. The number of phenols is 3. The molecule has 2 atom stereocenters. The van der Waals surface area contributed by atoms with Gasteiger partial charge in [-0.3, -0.25) is 4.79 Å². The van der Waals surface area contributed by atoms with Gasteiger partial charge < -0.3 is 29.9 Å². The number of Topliss-reactive ketones (excluding diaryl/α,β-unsaturated/α-hetero) is 1. The number of benzene rings is 4. The van der Waals surface area contributed by atoms with E-state index in [1.807, 2.05) is 60.7 Å². The Labute approximate surface area is 253 Å². The first-order chi connectivity index (χ1) is 20.8. The van der Waals surface area contributed by atoms with Gasteiger partial charge in [0.25, 0.3) is 0 Å². The normalized spacial score (nSPS) is 12.4. The molecule has 0 aromatic heterocycles. The molecule has 0 saturated heterocycles. The summed E-state index contributed by atoms with van der Waals surface area (Å²) in [7, 11) is 1.47. The van der Waals surface area contributed by atoms with Gasteiger partial charge in [-0.2, -0.15) is 0 Å². The summed E-state index contributed by atoms with van der Waals surface area (Å²) >= 11 is 0. The minimum Gasteiger partial charge on any atom is -0.504 e. The largest absolute Gasteiger partial charge is 0.504 e. The predicted octanol–water partition coefficient (Wildman–Crippen LogP) is 6.49.